The molecule has 3 heteroatoms. The van der Waals surface area contributed by atoms with E-state index < -0.39 is 0 Å². The van der Waals surface area contributed by atoms with Crippen LogP contribution in [0.3, 0.4) is 0 Å². The van der Waals surface area contributed by atoms with E-state index >= 15 is 0 Å². The molecule has 1 atom stereocenters. The molecule has 1 heterocycles. The highest BCUT2D eigenvalue weighted by Gasteiger charge is 2.39. The quantitative estimate of drug-likeness (QED) is 0.784. The first-order valence-corrected chi connectivity index (χ1v) is 8.09. The molecule has 1 saturated carbocycles. The molecule has 1 spiro atoms. The highest BCUT2D eigenvalue weighted by Crippen LogP contribution is 2.39. The number of Topliss-reactive ketones (excluding diaryl/α,β-unsaturated/α-hetero) is 1. The highest BCUT2D eigenvalue weighted by molar-refractivity contribution is 5.96. The van der Waals surface area contributed by atoms with Crippen LogP contribution in [0.25, 0.3) is 0 Å². The van der Waals surface area contributed by atoms with Crippen LogP contribution in [-0.4, -0.2) is 24.1 Å². The van der Waals surface area contributed by atoms with Crippen molar-refractivity contribution >= 4 is 5.78 Å². The molecule has 21 heavy (non-hydrogen) atoms. The van der Waals surface area contributed by atoms with Crippen LogP contribution in [0, 0.1) is 0 Å². The summed E-state index contributed by atoms with van der Waals surface area (Å²) in [4.78, 5) is 11.7. The molecular weight excluding hydrogens is 264 g/mol. The first-order valence-electron chi connectivity index (χ1n) is 8.09. The second kappa shape index (κ2) is 6.18. The van der Waals surface area contributed by atoms with Gasteiger partial charge in [0.25, 0.3) is 0 Å². The fraction of sp³-hybridized carbons (Fsp3) is 0.611. The Morgan fingerprint density at radius 3 is 2.76 bits per heavy atom. The van der Waals surface area contributed by atoms with E-state index in [1.807, 2.05) is 24.3 Å². The Hall–Kier alpha value is -1.35. The van der Waals surface area contributed by atoms with E-state index in [0.29, 0.717) is 5.56 Å². The van der Waals surface area contributed by atoms with Gasteiger partial charge < -0.3 is 9.47 Å². The summed E-state index contributed by atoms with van der Waals surface area (Å²) >= 11 is 0. The third-order valence-corrected chi connectivity index (χ3v) is 4.77. The number of carbonyl (C=O) groups excluding carboxylic acids is 1. The summed E-state index contributed by atoms with van der Waals surface area (Å²) < 4.78 is 12.3. The topological polar surface area (TPSA) is 35.5 Å². The molecule has 1 saturated heterocycles. The van der Waals surface area contributed by atoms with E-state index in [-0.39, 0.29) is 17.5 Å². The van der Waals surface area contributed by atoms with E-state index in [1.54, 1.807) is 6.92 Å². The number of hydrogen-bond donors (Lipinski definition) is 0. The van der Waals surface area contributed by atoms with Crippen molar-refractivity contribution < 1.29 is 14.3 Å². The molecule has 0 radical (unpaired) electrons. The van der Waals surface area contributed by atoms with Crippen molar-refractivity contribution in [3.8, 4) is 5.75 Å². The summed E-state index contributed by atoms with van der Waals surface area (Å²) in [7, 11) is 0. The Morgan fingerprint density at radius 1 is 1.24 bits per heavy atom. The molecule has 3 nitrogen and oxygen atoms in total. The van der Waals surface area contributed by atoms with Gasteiger partial charge in [-0.2, -0.15) is 0 Å². The molecule has 0 amide bonds. The second-order valence-electron chi connectivity index (χ2n) is 6.38. The van der Waals surface area contributed by atoms with Crippen molar-refractivity contribution in [2.45, 2.75) is 63.6 Å². The fourth-order valence-electron chi connectivity index (χ4n) is 3.67. The summed E-state index contributed by atoms with van der Waals surface area (Å²) in [6.07, 6.45) is 8.19. The lowest BCUT2D eigenvalue weighted by molar-refractivity contribution is -0.129. The van der Waals surface area contributed by atoms with Crippen LogP contribution in [0.15, 0.2) is 24.3 Å². The van der Waals surface area contributed by atoms with Gasteiger partial charge in [0.1, 0.15) is 11.9 Å². The minimum Gasteiger partial charge on any atom is -0.489 e. The Bertz CT molecular complexity index is 497. The van der Waals surface area contributed by atoms with Gasteiger partial charge in [-0.3, -0.25) is 4.79 Å². The van der Waals surface area contributed by atoms with Gasteiger partial charge in [0.15, 0.2) is 5.78 Å². The number of ether oxygens (including phenoxy) is 2. The maximum absolute atomic E-state index is 11.7. The summed E-state index contributed by atoms with van der Waals surface area (Å²) in [5.74, 6) is 0.785. The molecule has 0 N–H and O–H groups in total. The van der Waals surface area contributed by atoms with Gasteiger partial charge in [-0.1, -0.05) is 31.4 Å². The predicted octanol–water partition coefficient (Wildman–Crippen LogP) is 4.15. The summed E-state index contributed by atoms with van der Waals surface area (Å²) in [6.45, 7) is 2.36. The highest BCUT2D eigenvalue weighted by atomic mass is 16.5. The molecule has 114 valence electrons. The zero-order chi connectivity index (χ0) is 14.7. The lowest BCUT2D eigenvalue weighted by atomic mass is 9.79. The van der Waals surface area contributed by atoms with E-state index in [9.17, 15) is 4.79 Å². The Kier molecular flexibility index (Phi) is 4.29. The van der Waals surface area contributed by atoms with Gasteiger partial charge in [-0.05, 0) is 31.9 Å². The second-order valence-corrected chi connectivity index (χ2v) is 6.38. The van der Waals surface area contributed by atoms with Crippen LogP contribution in [0.1, 0.15) is 62.2 Å². The number of benzene rings is 1. The van der Waals surface area contributed by atoms with Gasteiger partial charge >= 0.3 is 0 Å². The van der Waals surface area contributed by atoms with E-state index in [4.69, 9.17) is 9.47 Å². The maximum Gasteiger partial charge on any atom is 0.163 e. The van der Waals surface area contributed by atoms with Gasteiger partial charge in [0, 0.05) is 12.8 Å². The molecule has 2 fully saturated rings. The summed E-state index contributed by atoms with van der Waals surface area (Å²) in [5, 5.41) is 0. The lowest BCUT2D eigenvalue weighted by Crippen LogP contribution is -2.45. The number of rotatable bonds is 3. The maximum atomic E-state index is 11.7. The van der Waals surface area contributed by atoms with Crippen LogP contribution in [0.2, 0.25) is 0 Å². The van der Waals surface area contributed by atoms with E-state index in [2.05, 4.69) is 0 Å². The van der Waals surface area contributed by atoms with Crippen molar-refractivity contribution in [3.05, 3.63) is 29.8 Å². The fourth-order valence-corrected chi connectivity index (χ4v) is 3.67. The van der Waals surface area contributed by atoms with Gasteiger partial charge in [-0.25, -0.2) is 0 Å². The van der Waals surface area contributed by atoms with E-state index in [1.165, 1.54) is 19.3 Å². The molecule has 0 aromatic heterocycles. The molecule has 1 unspecified atom stereocenters. The molecule has 1 aromatic carbocycles. The third-order valence-electron chi connectivity index (χ3n) is 4.77. The Morgan fingerprint density at radius 2 is 2.00 bits per heavy atom. The van der Waals surface area contributed by atoms with Gasteiger partial charge in [0.05, 0.1) is 17.8 Å². The van der Waals surface area contributed by atoms with Crippen molar-refractivity contribution in [3.63, 3.8) is 0 Å². The van der Waals surface area contributed by atoms with Crippen LogP contribution in [0.4, 0.5) is 0 Å². The first-order chi connectivity index (χ1) is 10.2. The summed E-state index contributed by atoms with van der Waals surface area (Å²) in [5.41, 5.74) is 0.716. The predicted molar refractivity (Wildman–Crippen MR) is 81.9 cm³/mol. The molecule has 1 aliphatic heterocycles. The van der Waals surface area contributed by atoms with E-state index in [0.717, 1.165) is 38.0 Å². The summed E-state index contributed by atoms with van der Waals surface area (Å²) in [6, 6.07) is 7.56. The van der Waals surface area contributed by atoms with Crippen LogP contribution >= 0.6 is 0 Å². The average molecular weight is 288 g/mol. The molecule has 3 rings (SSSR count). The average Bonchev–Trinajstić information content (AvgIpc) is 2.48. The number of hydrogen-bond acceptors (Lipinski definition) is 3. The number of carbonyl (C=O) groups is 1. The third kappa shape index (κ3) is 3.29. The molecule has 1 aliphatic carbocycles. The molecule has 0 bridgehead atoms. The first kappa shape index (κ1) is 14.6. The van der Waals surface area contributed by atoms with Crippen molar-refractivity contribution in [2.75, 3.05) is 6.61 Å². The lowest BCUT2D eigenvalue weighted by Gasteiger charge is -2.43. The molecular formula is C18H24O3. The van der Waals surface area contributed by atoms with Crippen LogP contribution < -0.4 is 4.74 Å². The van der Waals surface area contributed by atoms with Crippen molar-refractivity contribution in [1.29, 1.82) is 0 Å². The monoisotopic (exact) mass is 288 g/mol. The van der Waals surface area contributed by atoms with Crippen LogP contribution in [0.5, 0.6) is 5.75 Å². The Labute approximate surface area is 126 Å². The zero-order valence-electron chi connectivity index (χ0n) is 12.8. The molecule has 1 aromatic rings. The molecule has 2 aliphatic rings. The smallest absolute Gasteiger partial charge is 0.163 e. The minimum atomic E-state index is 0.0341. The van der Waals surface area contributed by atoms with Gasteiger partial charge in [-0.15, -0.1) is 0 Å². The van der Waals surface area contributed by atoms with Crippen LogP contribution in [-0.2, 0) is 4.74 Å². The number of ketones is 1. The van der Waals surface area contributed by atoms with Crippen molar-refractivity contribution in [2.24, 2.45) is 0 Å². The van der Waals surface area contributed by atoms with Crippen molar-refractivity contribution in [1.82, 2.24) is 0 Å². The minimum absolute atomic E-state index is 0.0341. The van der Waals surface area contributed by atoms with Gasteiger partial charge in [0.2, 0.25) is 0 Å². The SMILES string of the molecule is CC(=O)c1ccccc1OC1CCOC2(CCCCC2)C1. The zero-order valence-corrected chi connectivity index (χ0v) is 12.8. The normalized spacial score (nSPS) is 24.7. The Balaban J connectivity index is 1.71. The standard InChI is InChI=1S/C18H24O3/c1-14(19)16-7-3-4-8-17(16)21-15-9-12-20-18(13-15)10-5-2-6-11-18/h3-4,7-8,15H,2,5-6,9-13H2,1H3. The largest absolute Gasteiger partial charge is 0.489 e. The number of para-hydroxylation sites is 1.